The molecular formula is C22H21F3N4O3. The summed E-state index contributed by atoms with van der Waals surface area (Å²) in [4.78, 5) is 25.0. The standard InChI is InChI=1S/C22H21F3N4O3/c1-13(15-9-16(22(23,24)25)11-17(26)10-15)27-21(31)19-6-7-20(30)29(28-19)18-5-3-4-14(8-18)12-32-2/h3-11,13H,12,26H2,1-2H3,(H,27,31)/t13-/m1/s1. The summed E-state index contributed by atoms with van der Waals surface area (Å²) in [5.74, 6) is -0.657. The molecule has 32 heavy (non-hydrogen) atoms. The third-order valence-corrected chi connectivity index (χ3v) is 4.65. The predicted molar refractivity (Wildman–Crippen MR) is 112 cm³/mol. The number of hydrogen-bond acceptors (Lipinski definition) is 5. The summed E-state index contributed by atoms with van der Waals surface area (Å²) in [7, 11) is 1.54. The Hall–Kier alpha value is -3.66. The zero-order valence-electron chi connectivity index (χ0n) is 17.3. The Labute approximate surface area is 181 Å². The van der Waals surface area contributed by atoms with Crippen LogP contribution in [0.1, 0.15) is 40.1 Å². The SMILES string of the molecule is COCc1cccc(-n2nc(C(=O)N[C@H](C)c3cc(N)cc(C(F)(F)F)c3)ccc2=O)c1. The topological polar surface area (TPSA) is 99.2 Å². The highest BCUT2D eigenvalue weighted by atomic mass is 19.4. The van der Waals surface area contributed by atoms with Crippen molar-refractivity contribution in [2.24, 2.45) is 0 Å². The highest BCUT2D eigenvalue weighted by molar-refractivity contribution is 5.92. The number of carbonyl (C=O) groups is 1. The molecule has 7 nitrogen and oxygen atoms in total. The molecule has 0 saturated heterocycles. The van der Waals surface area contributed by atoms with Crippen molar-refractivity contribution in [1.29, 1.82) is 0 Å². The van der Waals surface area contributed by atoms with Gasteiger partial charge in [-0.05, 0) is 54.4 Å². The van der Waals surface area contributed by atoms with Crippen molar-refractivity contribution >= 4 is 11.6 Å². The minimum absolute atomic E-state index is 0.0708. The second-order valence-electron chi connectivity index (χ2n) is 7.15. The van der Waals surface area contributed by atoms with E-state index in [-0.39, 0.29) is 16.9 Å². The predicted octanol–water partition coefficient (Wildman–Crippen LogP) is 3.47. The largest absolute Gasteiger partial charge is 0.416 e. The summed E-state index contributed by atoms with van der Waals surface area (Å²) < 4.78 is 45.4. The van der Waals surface area contributed by atoms with Gasteiger partial charge in [-0.3, -0.25) is 9.59 Å². The van der Waals surface area contributed by atoms with Crippen LogP contribution < -0.4 is 16.6 Å². The van der Waals surface area contributed by atoms with Gasteiger partial charge in [0.2, 0.25) is 0 Å². The number of nitrogen functional groups attached to an aromatic ring is 1. The fraction of sp³-hybridized carbons (Fsp3) is 0.227. The maximum absolute atomic E-state index is 13.1. The van der Waals surface area contributed by atoms with Crippen LogP contribution in [0.15, 0.2) is 59.4 Å². The first kappa shape index (κ1) is 23.0. The van der Waals surface area contributed by atoms with E-state index in [0.717, 1.165) is 22.4 Å². The van der Waals surface area contributed by atoms with Gasteiger partial charge in [0.15, 0.2) is 0 Å². The number of nitrogens with zero attached hydrogens (tertiary/aromatic N) is 2. The van der Waals surface area contributed by atoms with Crippen LogP contribution in [0.5, 0.6) is 0 Å². The molecule has 1 heterocycles. The minimum atomic E-state index is -4.57. The van der Waals surface area contributed by atoms with Crippen LogP contribution in [-0.2, 0) is 17.5 Å². The van der Waals surface area contributed by atoms with Gasteiger partial charge in [-0.15, -0.1) is 0 Å². The lowest BCUT2D eigenvalue weighted by molar-refractivity contribution is -0.137. The summed E-state index contributed by atoms with van der Waals surface area (Å²) in [6.07, 6.45) is -4.57. The Morgan fingerprint density at radius 2 is 1.94 bits per heavy atom. The Kier molecular flexibility index (Phi) is 6.64. The number of carbonyl (C=O) groups excluding carboxylic acids is 1. The van der Waals surface area contributed by atoms with E-state index < -0.39 is 29.2 Å². The normalized spacial score (nSPS) is 12.4. The first-order valence-corrected chi connectivity index (χ1v) is 9.55. The molecule has 0 unspecified atom stereocenters. The van der Waals surface area contributed by atoms with Crippen molar-refractivity contribution in [3.8, 4) is 5.69 Å². The molecule has 2 aromatic carbocycles. The van der Waals surface area contributed by atoms with Crippen molar-refractivity contribution in [3.05, 3.63) is 87.3 Å². The maximum Gasteiger partial charge on any atom is 0.416 e. The monoisotopic (exact) mass is 446 g/mol. The number of nitrogens with one attached hydrogen (secondary N) is 1. The summed E-state index contributed by atoms with van der Waals surface area (Å²) >= 11 is 0. The highest BCUT2D eigenvalue weighted by Gasteiger charge is 2.31. The lowest BCUT2D eigenvalue weighted by Crippen LogP contribution is -2.31. The highest BCUT2D eigenvalue weighted by Crippen LogP contribution is 2.32. The molecular weight excluding hydrogens is 425 g/mol. The number of rotatable bonds is 6. The van der Waals surface area contributed by atoms with Crippen LogP contribution >= 0.6 is 0 Å². The van der Waals surface area contributed by atoms with Gasteiger partial charge in [0.05, 0.1) is 23.9 Å². The lowest BCUT2D eigenvalue weighted by atomic mass is 10.0. The molecule has 0 fully saturated rings. The van der Waals surface area contributed by atoms with Crippen molar-refractivity contribution < 1.29 is 22.7 Å². The second kappa shape index (κ2) is 9.23. The van der Waals surface area contributed by atoms with E-state index >= 15 is 0 Å². The number of amides is 1. The Morgan fingerprint density at radius 3 is 2.62 bits per heavy atom. The second-order valence-corrected chi connectivity index (χ2v) is 7.15. The van der Waals surface area contributed by atoms with Gasteiger partial charge in [0.25, 0.3) is 11.5 Å². The Morgan fingerprint density at radius 1 is 1.19 bits per heavy atom. The summed E-state index contributed by atoms with van der Waals surface area (Å²) in [6.45, 7) is 1.86. The van der Waals surface area contributed by atoms with Crippen molar-refractivity contribution in [3.63, 3.8) is 0 Å². The molecule has 0 aliphatic heterocycles. The Balaban J connectivity index is 1.86. The van der Waals surface area contributed by atoms with Gasteiger partial charge in [0.1, 0.15) is 5.69 Å². The van der Waals surface area contributed by atoms with Gasteiger partial charge >= 0.3 is 6.18 Å². The number of halogens is 3. The number of anilines is 1. The van der Waals surface area contributed by atoms with E-state index in [4.69, 9.17) is 10.5 Å². The van der Waals surface area contributed by atoms with Crippen LogP contribution in [0.4, 0.5) is 18.9 Å². The van der Waals surface area contributed by atoms with Crippen LogP contribution in [0, 0.1) is 0 Å². The quantitative estimate of drug-likeness (QED) is 0.565. The molecule has 10 heteroatoms. The first-order valence-electron chi connectivity index (χ1n) is 9.55. The molecule has 3 N–H and O–H groups in total. The number of aromatic nitrogens is 2. The molecule has 1 aromatic heterocycles. The molecule has 0 bridgehead atoms. The fourth-order valence-corrected chi connectivity index (χ4v) is 3.11. The molecule has 0 spiro atoms. The molecule has 168 valence electrons. The molecule has 3 aromatic rings. The number of ether oxygens (including phenoxy) is 1. The van der Waals surface area contributed by atoms with Crippen molar-refractivity contribution in [1.82, 2.24) is 15.1 Å². The van der Waals surface area contributed by atoms with E-state index in [1.165, 1.54) is 25.1 Å². The third kappa shape index (κ3) is 5.33. The average molecular weight is 446 g/mol. The third-order valence-electron chi connectivity index (χ3n) is 4.65. The molecule has 0 saturated carbocycles. The maximum atomic E-state index is 13.1. The van der Waals surface area contributed by atoms with Gasteiger partial charge in [-0.25, -0.2) is 0 Å². The van der Waals surface area contributed by atoms with Gasteiger partial charge in [-0.2, -0.15) is 23.0 Å². The Bertz CT molecular complexity index is 1190. The summed E-state index contributed by atoms with van der Waals surface area (Å²) in [5, 5.41) is 6.70. The fourth-order valence-electron chi connectivity index (χ4n) is 3.11. The molecule has 1 atom stereocenters. The molecule has 0 aliphatic carbocycles. The van der Waals surface area contributed by atoms with Gasteiger partial charge in [0, 0.05) is 18.9 Å². The first-order chi connectivity index (χ1) is 15.1. The zero-order valence-corrected chi connectivity index (χ0v) is 17.3. The summed E-state index contributed by atoms with van der Waals surface area (Å²) in [6, 6.07) is 11.7. The zero-order chi connectivity index (χ0) is 23.5. The molecule has 3 rings (SSSR count). The molecule has 0 radical (unpaired) electrons. The number of benzene rings is 2. The summed E-state index contributed by atoms with van der Waals surface area (Å²) in [5.41, 5.74) is 5.54. The van der Waals surface area contributed by atoms with Gasteiger partial charge < -0.3 is 15.8 Å². The van der Waals surface area contributed by atoms with Crippen LogP contribution in [-0.4, -0.2) is 22.8 Å². The number of nitrogens with two attached hydrogens (primary N) is 1. The van der Waals surface area contributed by atoms with E-state index in [2.05, 4.69) is 10.4 Å². The van der Waals surface area contributed by atoms with Crippen LogP contribution in [0.25, 0.3) is 5.69 Å². The van der Waals surface area contributed by atoms with E-state index in [0.29, 0.717) is 12.3 Å². The van der Waals surface area contributed by atoms with Crippen LogP contribution in [0.2, 0.25) is 0 Å². The van der Waals surface area contributed by atoms with Gasteiger partial charge in [-0.1, -0.05) is 12.1 Å². The van der Waals surface area contributed by atoms with E-state index in [9.17, 15) is 22.8 Å². The average Bonchev–Trinajstić information content (AvgIpc) is 2.73. The van der Waals surface area contributed by atoms with Crippen LogP contribution in [0.3, 0.4) is 0 Å². The lowest BCUT2D eigenvalue weighted by Gasteiger charge is -2.17. The number of alkyl halides is 3. The minimum Gasteiger partial charge on any atom is -0.399 e. The van der Waals surface area contributed by atoms with Crippen molar-refractivity contribution in [2.75, 3.05) is 12.8 Å². The molecule has 0 aliphatic rings. The van der Waals surface area contributed by atoms with E-state index in [1.54, 1.807) is 25.3 Å². The van der Waals surface area contributed by atoms with E-state index in [1.807, 2.05) is 6.07 Å². The molecule has 1 amide bonds. The smallest absolute Gasteiger partial charge is 0.399 e. The number of methoxy groups -OCH3 is 1. The number of hydrogen-bond donors (Lipinski definition) is 2. The van der Waals surface area contributed by atoms with Crippen molar-refractivity contribution in [2.45, 2.75) is 25.7 Å².